The zero-order chi connectivity index (χ0) is 12.8. The molecule has 0 saturated heterocycles. The van der Waals surface area contributed by atoms with E-state index in [1.807, 2.05) is 6.92 Å². The lowest BCUT2D eigenvalue weighted by Gasteiger charge is -2.28. The molecule has 1 aliphatic rings. The third-order valence-corrected chi connectivity index (χ3v) is 3.11. The highest BCUT2D eigenvalue weighted by atomic mass is 35.5. The summed E-state index contributed by atoms with van der Waals surface area (Å²) in [5.74, 6) is -0.229. The van der Waals surface area contributed by atoms with Crippen molar-refractivity contribution >= 4 is 24.3 Å². The van der Waals surface area contributed by atoms with Crippen molar-refractivity contribution < 1.29 is 14.3 Å². The van der Waals surface area contributed by atoms with E-state index in [0.29, 0.717) is 6.61 Å². The van der Waals surface area contributed by atoms with Gasteiger partial charge in [0, 0.05) is 6.04 Å². The topological polar surface area (TPSA) is 81.4 Å². The van der Waals surface area contributed by atoms with E-state index in [-0.39, 0.29) is 36.2 Å². The second-order valence-corrected chi connectivity index (χ2v) is 4.60. The van der Waals surface area contributed by atoms with Crippen LogP contribution in [0.5, 0.6) is 0 Å². The van der Waals surface area contributed by atoms with E-state index in [2.05, 4.69) is 5.32 Å². The Labute approximate surface area is 114 Å². The Kier molecular flexibility index (Phi) is 7.95. The van der Waals surface area contributed by atoms with Crippen molar-refractivity contribution in [2.24, 2.45) is 11.7 Å². The van der Waals surface area contributed by atoms with Gasteiger partial charge in [0.15, 0.2) is 0 Å². The number of nitrogens with two attached hydrogens (primary N) is 1. The fourth-order valence-corrected chi connectivity index (χ4v) is 2.07. The summed E-state index contributed by atoms with van der Waals surface area (Å²) in [6.07, 6.45) is 3.20. The van der Waals surface area contributed by atoms with E-state index in [1.165, 1.54) is 0 Å². The van der Waals surface area contributed by atoms with Gasteiger partial charge in [-0.2, -0.15) is 0 Å². The van der Waals surface area contributed by atoms with Crippen LogP contribution in [-0.2, 0) is 14.3 Å². The summed E-state index contributed by atoms with van der Waals surface area (Å²) in [5, 5.41) is 2.89. The second-order valence-electron chi connectivity index (χ2n) is 4.60. The van der Waals surface area contributed by atoms with Gasteiger partial charge in [-0.3, -0.25) is 9.59 Å². The number of ether oxygens (including phenoxy) is 1. The lowest BCUT2D eigenvalue weighted by Crippen LogP contribution is -2.45. The molecule has 1 saturated carbocycles. The zero-order valence-corrected chi connectivity index (χ0v) is 11.8. The van der Waals surface area contributed by atoms with Gasteiger partial charge in [0.2, 0.25) is 5.91 Å². The largest absolute Gasteiger partial charge is 0.466 e. The number of hydrogen-bond donors (Lipinski definition) is 2. The summed E-state index contributed by atoms with van der Waals surface area (Å²) in [7, 11) is 0. The number of amides is 1. The molecule has 1 rings (SSSR count). The van der Waals surface area contributed by atoms with Crippen LogP contribution in [0.2, 0.25) is 0 Å². The third-order valence-electron chi connectivity index (χ3n) is 3.11. The van der Waals surface area contributed by atoms with Crippen molar-refractivity contribution in [3.05, 3.63) is 0 Å². The first-order valence-corrected chi connectivity index (χ1v) is 6.27. The number of carbonyl (C=O) groups is 2. The van der Waals surface area contributed by atoms with Crippen LogP contribution in [0, 0.1) is 5.92 Å². The van der Waals surface area contributed by atoms with Crippen molar-refractivity contribution in [3.8, 4) is 0 Å². The monoisotopic (exact) mass is 278 g/mol. The average molecular weight is 279 g/mol. The summed E-state index contributed by atoms with van der Waals surface area (Å²) in [4.78, 5) is 22.9. The predicted octanol–water partition coefficient (Wildman–Crippen LogP) is 0.993. The summed E-state index contributed by atoms with van der Waals surface area (Å²) in [6.45, 7) is 3.91. The molecule has 0 aliphatic heterocycles. The van der Waals surface area contributed by atoms with Gasteiger partial charge in [0.25, 0.3) is 0 Å². The van der Waals surface area contributed by atoms with Crippen molar-refractivity contribution in [3.63, 3.8) is 0 Å². The van der Waals surface area contributed by atoms with Crippen LogP contribution in [0.25, 0.3) is 0 Å². The normalized spacial score (nSPS) is 24.6. The fraction of sp³-hybridized carbons (Fsp3) is 0.833. The maximum absolute atomic E-state index is 11.5. The van der Waals surface area contributed by atoms with Gasteiger partial charge in [-0.15, -0.1) is 12.4 Å². The van der Waals surface area contributed by atoms with Gasteiger partial charge in [-0.25, -0.2) is 0 Å². The molecule has 0 spiro atoms. The highest BCUT2D eigenvalue weighted by Crippen LogP contribution is 2.25. The van der Waals surface area contributed by atoms with Crippen molar-refractivity contribution in [2.45, 2.75) is 51.6 Å². The van der Waals surface area contributed by atoms with Gasteiger partial charge >= 0.3 is 5.97 Å². The van der Waals surface area contributed by atoms with Crippen LogP contribution < -0.4 is 11.1 Å². The number of hydrogen-bond acceptors (Lipinski definition) is 4. The highest BCUT2D eigenvalue weighted by molar-refractivity contribution is 5.85. The van der Waals surface area contributed by atoms with E-state index >= 15 is 0 Å². The van der Waals surface area contributed by atoms with Gasteiger partial charge in [-0.05, 0) is 39.5 Å². The maximum Gasteiger partial charge on any atom is 0.308 e. The molecule has 1 aliphatic carbocycles. The van der Waals surface area contributed by atoms with E-state index in [1.54, 1.807) is 6.92 Å². The molecule has 0 aromatic heterocycles. The maximum atomic E-state index is 11.5. The number of esters is 1. The van der Waals surface area contributed by atoms with Crippen LogP contribution in [0.15, 0.2) is 0 Å². The minimum Gasteiger partial charge on any atom is -0.466 e. The smallest absolute Gasteiger partial charge is 0.308 e. The summed E-state index contributed by atoms with van der Waals surface area (Å²) in [6, 6.07) is -0.322. The van der Waals surface area contributed by atoms with Crippen LogP contribution in [0.3, 0.4) is 0 Å². The van der Waals surface area contributed by atoms with Gasteiger partial charge in [0.1, 0.15) is 0 Å². The fourth-order valence-electron chi connectivity index (χ4n) is 2.07. The second kappa shape index (κ2) is 8.32. The van der Waals surface area contributed by atoms with E-state index in [9.17, 15) is 9.59 Å². The van der Waals surface area contributed by atoms with Gasteiger partial charge < -0.3 is 15.8 Å². The number of nitrogens with one attached hydrogen (secondary N) is 1. The molecule has 0 heterocycles. The Morgan fingerprint density at radius 2 is 1.89 bits per heavy atom. The lowest BCUT2D eigenvalue weighted by atomic mass is 9.86. The highest BCUT2D eigenvalue weighted by Gasteiger charge is 2.28. The van der Waals surface area contributed by atoms with E-state index in [0.717, 1.165) is 25.7 Å². The molecule has 106 valence electrons. The minimum atomic E-state index is -0.474. The molecular weight excluding hydrogens is 256 g/mol. The van der Waals surface area contributed by atoms with Crippen molar-refractivity contribution in [1.82, 2.24) is 5.32 Å². The molecule has 5 nitrogen and oxygen atoms in total. The van der Waals surface area contributed by atoms with Crippen LogP contribution in [-0.4, -0.2) is 30.6 Å². The Hall–Kier alpha value is -0.810. The molecule has 0 aromatic carbocycles. The number of rotatable bonds is 4. The molecule has 1 fully saturated rings. The summed E-state index contributed by atoms with van der Waals surface area (Å²) >= 11 is 0. The zero-order valence-electron chi connectivity index (χ0n) is 11.0. The first-order chi connectivity index (χ1) is 8.04. The Morgan fingerprint density at radius 3 is 2.33 bits per heavy atom. The molecule has 1 amide bonds. The molecule has 0 aromatic rings. The van der Waals surface area contributed by atoms with Crippen LogP contribution >= 0.6 is 12.4 Å². The molecule has 0 radical (unpaired) electrons. The standard InChI is InChI=1S/C12H22N2O3.ClH/c1-3-17-12(16)9-4-6-10(7-5-9)14-11(15)8(2)13;/h8-10H,3-7,13H2,1-2H3,(H,14,15);1H/t8-,9?,10?;/m1./s1. The Balaban J connectivity index is 0.00000289. The van der Waals surface area contributed by atoms with Gasteiger partial charge in [0.05, 0.1) is 18.6 Å². The van der Waals surface area contributed by atoms with Crippen molar-refractivity contribution in [2.75, 3.05) is 6.61 Å². The van der Waals surface area contributed by atoms with E-state index < -0.39 is 6.04 Å². The van der Waals surface area contributed by atoms with Crippen LogP contribution in [0.1, 0.15) is 39.5 Å². The molecule has 3 N–H and O–H groups in total. The molecule has 0 bridgehead atoms. The predicted molar refractivity (Wildman–Crippen MR) is 71.4 cm³/mol. The summed E-state index contributed by atoms with van der Waals surface area (Å²) < 4.78 is 4.99. The Bertz CT molecular complexity index is 276. The number of carbonyl (C=O) groups excluding carboxylic acids is 2. The lowest BCUT2D eigenvalue weighted by molar-refractivity contribution is -0.149. The minimum absolute atomic E-state index is 0. The van der Waals surface area contributed by atoms with Crippen LogP contribution in [0.4, 0.5) is 0 Å². The first-order valence-electron chi connectivity index (χ1n) is 6.27. The molecule has 18 heavy (non-hydrogen) atoms. The molecule has 6 heteroatoms. The number of halogens is 1. The molecular formula is C12H23ClN2O3. The molecule has 1 atom stereocenters. The quantitative estimate of drug-likeness (QED) is 0.752. The first kappa shape index (κ1) is 17.2. The molecule has 0 unspecified atom stereocenters. The summed E-state index contributed by atoms with van der Waals surface area (Å²) in [5.41, 5.74) is 5.48. The SMILES string of the molecule is CCOC(=O)C1CCC(NC(=O)[C@@H](C)N)CC1.Cl. The van der Waals surface area contributed by atoms with Crippen molar-refractivity contribution in [1.29, 1.82) is 0 Å². The average Bonchev–Trinajstić information content (AvgIpc) is 2.30. The third kappa shape index (κ3) is 5.23. The van der Waals surface area contributed by atoms with Gasteiger partial charge in [-0.1, -0.05) is 0 Å². The van der Waals surface area contributed by atoms with E-state index in [4.69, 9.17) is 10.5 Å². The Morgan fingerprint density at radius 1 is 1.33 bits per heavy atom.